The van der Waals surface area contributed by atoms with Gasteiger partial charge < -0.3 is 10.2 Å². The van der Waals surface area contributed by atoms with Gasteiger partial charge in [0.1, 0.15) is 0 Å². The molecule has 0 aliphatic carbocycles. The molecule has 0 aromatic rings. The fraction of sp³-hybridized carbons (Fsp3) is 0.727. The average Bonchev–Trinajstić information content (AvgIpc) is 3.41. The van der Waals surface area contributed by atoms with Gasteiger partial charge in [-0.2, -0.15) is 12.6 Å². The van der Waals surface area contributed by atoms with Crippen molar-refractivity contribution in [2.75, 3.05) is 18.3 Å². The van der Waals surface area contributed by atoms with Crippen molar-refractivity contribution in [3.05, 3.63) is 0 Å². The Morgan fingerprint density at radius 3 is 0.625 bits per heavy atom. The highest BCUT2D eigenvalue weighted by Gasteiger charge is 2.02. The average molecular weight is 2030 g/mol. The van der Waals surface area contributed by atoms with Crippen molar-refractivity contribution in [1.29, 1.82) is 0 Å². The second kappa shape index (κ2) is 99.1. The van der Waals surface area contributed by atoms with Gasteiger partial charge in [0, 0.05) is 433 Å². The zero-order chi connectivity index (χ0) is 61.8. The zero-order valence-corrected chi connectivity index (χ0v) is 78.7. The second-order valence-electron chi connectivity index (χ2n) is 9.29. The van der Waals surface area contributed by atoms with E-state index in [1.807, 2.05) is 6.92 Å². The maximum absolute atomic E-state index is 10.8. The van der Waals surface area contributed by atoms with Crippen LogP contribution in [0.1, 0.15) is 84.0 Å². The molecule has 0 aliphatic rings. The van der Waals surface area contributed by atoms with Gasteiger partial charge in [-0.05, 0) is 80.0 Å². The Balaban J connectivity index is -0.000000166. The first kappa shape index (κ1) is 103. The van der Waals surface area contributed by atoms with E-state index in [1.165, 1.54) is 59.0 Å². The lowest BCUT2D eigenvalue weighted by molar-refractivity contribution is -0.139. The van der Waals surface area contributed by atoms with Crippen LogP contribution in [0.5, 0.6) is 0 Å². The van der Waals surface area contributed by atoms with Gasteiger partial charge in [-0.3, -0.25) is 28.8 Å². The summed E-state index contributed by atoms with van der Waals surface area (Å²) >= 11 is 35.4. The minimum Gasteiger partial charge on any atom is -0.481 e. The van der Waals surface area contributed by atoms with Crippen LogP contribution in [0.25, 0.3) is 0 Å². The van der Waals surface area contributed by atoms with Crippen LogP contribution >= 0.6 is 80.7 Å². The summed E-state index contributed by atoms with van der Waals surface area (Å²) in [5.41, 5.74) is 0. The van der Waals surface area contributed by atoms with Gasteiger partial charge >= 0.3 is 11.9 Å². The molecule has 0 unspecified atom stereocenters. The molecule has 0 bridgehead atoms. The molecule has 0 spiro atoms. The first-order valence-electron chi connectivity index (χ1n) is 17.9. The molecule has 0 radical (unpaired) electrons. The van der Waals surface area contributed by atoms with Crippen molar-refractivity contribution in [3.8, 4) is 0 Å². The Morgan fingerprint density at radius 2 is 0.500 bits per heavy atom. The third-order valence-corrected chi connectivity index (χ3v) is 83.9. The summed E-state index contributed by atoms with van der Waals surface area (Å²) in [4.78, 5) is 61.7. The molecule has 0 atom stereocenters. The number of carbonyl (C=O) groups is 6. The summed E-state index contributed by atoms with van der Waals surface area (Å²) in [5, 5.41) is 16.0. The molecule has 0 heterocycles. The van der Waals surface area contributed by atoms with Gasteiger partial charge in [0.25, 0.3) is 0 Å². The highest BCUT2D eigenvalue weighted by atomic mass is 36.0. The molecule has 0 saturated heterocycles. The Morgan fingerprint density at radius 1 is 0.362 bits per heavy atom. The third kappa shape index (κ3) is 135. The van der Waals surface area contributed by atoms with E-state index in [2.05, 4.69) is 34.0 Å². The molecule has 9 nitrogen and oxygen atoms in total. The summed E-state index contributed by atoms with van der Waals surface area (Å²) in [6.45, 7) is 1.99. The van der Waals surface area contributed by atoms with E-state index >= 15 is 0 Å². The standard InChI is InChI=1S/C8H14O2S2.C6H8Cl2O2.C6H10O4.C2H6S.Cl2OS.S21.S20/c1-11-7(9)5-3-4-6-8(10)12-2;7-5(9)3-1-2-4-6(8)10;7-5(8)3-1-2-4-6(9)10;1-2-3;1-4(2)3;1-3-5-7-9-11-13-15-17-19-21-20-18-16-14-12-10-8-6-4-2;1-3-5-7-9-11-13-15-17-19-20-18-16-14-12-10-8-6-4-2/h3-6H2,1-2H3;1-4H2;1-4H2,(H,7,8)(H,9,10);3H,2H2,1H3;;;. The first-order chi connectivity index (χ1) is 38.4. The molecule has 2 N–H and O–H groups in total. The molecular formula is C22H38Cl4O9S45. The van der Waals surface area contributed by atoms with Crippen LogP contribution in [0.4, 0.5) is 0 Å². The summed E-state index contributed by atoms with van der Waals surface area (Å²) in [7, 11) is 70.8. The maximum atomic E-state index is 10.8. The number of halogens is 4. The van der Waals surface area contributed by atoms with Crippen LogP contribution in [-0.4, -0.2) is 65.3 Å². The molecule has 0 saturated carbocycles. The quantitative estimate of drug-likeness (QED) is 0.0874. The zero-order valence-electron chi connectivity index (χ0n) is 38.9. The topological polar surface area (TPSA) is 160 Å². The van der Waals surface area contributed by atoms with Crippen molar-refractivity contribution in [3.63, 3.8) is 0 Å². The largest absolute Gasteiger partial charge is 0.481 e. The fourth-order valence-corrected chi connectivity index (χ4v) is 93.7. The monoisotopic (exact) mass is 2020 g/mol. The van der Waals surface area contributed by atoms with E-state index in [-0.39, 0.29) is 33.6 Å². The van der Waals surface area contributed by atoms with Crippen LogP contribution < -0.4 is 0 Å². The second-order valence-corrected chi connectivity index (χ2v) is 80.5. The van der Waals surface area contributed by atoms with Crippen molar-refractivity contribution in [2.24, 2.45) is 0 Å². The summed E-state index contributed by atoms with van der Waals surface area (Å²) in [6, 6.07) is 0. The minimum atomic E-state index is -1.67. The number of unbranched alkanes of at least 4 members (excludes halogenated alkanes) is 3. The number of hydrogen-bond acceptors (Lipinski definition) is 14. The minimum absolute atomic E-state index is 0.0628. The highest BCUT2D eigenvalue weighted by molar-refractivity contribution is 8.80. The smallest absolute Gasteiger partial charge is 0.303 e. The molecule has 80 heavy (non-hydrogen) atoms. The number of hydrogen-bond donors (Lipinski definition) is 3. The number of thiol groups is 1. The van der Waals surface area contributed by atoms with E-state index in [0.29, 0.717) is 51.4 Å². The molecule has 0 fully saturated rings. The van der Waals surface area contributed by atoms with Crippen LogP contribution in [0.2, 0.25) is 0 Å². The van der Waals surface area contributed by atoms with E-state index < -0.39 is 21.2 Å². The number of aliphatic carboxylic acids is 2. The van der Waals surface area contributed by atoms with Crippen LogP contribution in [0.3, 0.4) is 0 Å². The highest BCUT2D eigenvalue weighted by Crippen LogP contribution is 2.10. The predicted octanol–water partition coefficient (Wildman–Crippen LogP) is 7.00. The molecule has 0 aromatic carbocycles. The van der Waals surface area contributed by atoms with Gasteiger partial charge in [-0.15, -0.1) is 0 Å². The molecule has 0 rings (SSSR count). The molecule has 0 aliphatic heterocycles. The number of carbonyl (C=O) groups excluding carboxylic acids is 4. The lowest BCUT2D eigenvalue weighted by atomic mass is 10.2. The Kier molecular flexibility index (Phi) is 127. The summed E-state index contributed by atoms with van der Waals surface area (Å²) < 4.78 is 9.09. The van der Waals surface area contributed by atoms with Crippen molar-refractivity contribution in [1.82, 2.24) is 0 Å². The maximum Gasteiger partial charge on any atom is 0.303 e. The Bertz CT molecular complexity index is 3400. The summed E-state index contributed by atoms with van der Waals surface area (Å²) in [5.74, 6) is -0.796. The molecule has 58 heteroatoms. The van der Waals surface area contributed by atoms with Gasteiger partial charge in [0.15, 0.2) is 10.2 Å². The van der Waals surface area contributed by atoms with Crippen molar-refractivity contribution < 1.29 is 43.2 Å². The van der Waals surface area contributed by atoms with Crippen LogP contribution in [0.15, 0.2) is 0 Å². The fourth-order valence-electron chi connectivity index (χ4n) is 2.20. The Labute approximate surface area is 627 Å². The Hall–Kier alpha value is 9.00. The van der Waals surface area contributed by atoms with Crippen molar-refractivity contribution >= 4 is 496 Å². The van der Waals surface area contributed by atoms with E-state index in [9.17, 15) is 28.8 Å². The van der Waals surface area contributed by atoms with E-state index in [1.54, 1.807) is 306 Å². The van der Waals surface area contributed by atoms with E-state index in [4.69, 9.17) is 82.4 Å². The number of carboxylic acid groups (broad SMARTS) is 2. The molecule has 478 valence electrons. The lowest BCUT2D eigenvalue weighted by Crippen LogP contribution is -1.97. The van der Waals surface area contributed by atoms with Gasteiger partial charge in [-0.25, -0.2) is 4.21 Å². The third-order valence-electron chi connectivity index (χ3n) is 4.47. The van der Waals surface area contributed by atoms with Gasteiger partial charge in [-0.1, -0.05) is 30.4 Å². The van der Waals surface area contributed by atoms with Gasteiger partial charge in [0.2, 0.25) is 19.7 Å². The first-order valence-corrected chi connectivity index (χ1v) is 76.5. The number of carboxylic acids is 2. The number of rotatable bonds is 15. The van der Waals surface area contributed by atoms with Crippen molar-refractivity contribution in [2.45, 2.75) is 84.0 Å². The van der Waals surface area contributed by atoms with Crippen LogP contribution in [-0.2, 0) is 411 Å². The molecular weight excluding hydrogens is 1990 g/mol. The predicted molar refractivity (Wildman–Crippen MR) is 471 cm³/mol. The normalized spacial score (nSPS) is 8.26. The van der Waals surface area contributed by atoms with Gasteiger partial charge in [0.05, 0.1) is 0 Å². The number of thioether (sulfide) groups is 2. The summed E-state index contributed by atoms with van der Waals surface area (Å²) in [6.07, 6.45) is 9.40. The van der Waals surface area contributed by atoms with Crippen LogP contribution in [0, 0.1) is 0 Å². The molecule has 0 aromatic heterocycles. The van der Waals surface area contributed by atoms with E-state index in [0.717, 1.165) is 18.6 Å². The SMILES string of the molecule is CCS.CSC(=O)CCCCC(=O)SC.O=C(Cl)CCCCC(=O)Cl.O=C(O)CCCCC(=O)O.O=S(Cl)Cl.S=S=S=S=S=S=S=S=S=S=S=S=S=S=S=S=S=S=S=S.S=S=S=S=S=S=S=S=S=S=S=S=S=S=S=S=S=S=S=S=S. The molecule has 0 amide bonds. The lowest BCUT2D eigenvalue weighted by Gasteiger charge is -1.96.